The second-order valence-electron chi connectivity index (χ2n) is 7.01. The summed E-state index contributed by atoms with van der Waals surface area (Å²) in [5.74, 6) is 0.0481. The van der Waals surface area contributed by atoms with Crippen molar-refractivity contribution in [3.8, 4) is 11.4 Å². The van der Waals surface area contributed by atoms with E-state index >= 15 is 0 Å². The van der Waals surface area contributed by atoms with Gasteiger partial charge in [-0.15, -0.1) is 0 Å². The minimum absolute atomic E-state index is 0.0271. The van der Waals surface area contributed by atoms with E-state index in [-0.39, 0.29) is 22.4 Å². The first-order chi connectivity index (χ1) is 14.3. The van der Waals surface area contributed by atoms with Crippen molar-refractivity contribution in [2.75, 3.05) is 18.0 Å². The number of hydrogen-bond donors (Lipinski definition) is 1. The average molecular weight is 414 g/mol. The summed E-state index contributed by atoms with van der Waals surface area (Å²) < 4.78 is 49.9. The van der Waals surface area contributed by atoms with Gasteiger partial charge in [-0.3, -0.25) is 5.41 Å². The Hall–Kier alpha value is -3.29. The molecule has 2 aromatic carbocycles. The van der Waals surface area contributed by atoms with Crippen LogP contribution in [0, 0.1) is 5.41 Å². The number of rotatable bonds is 4. The van der Waals surface area contributed by atoms with Crippen LogP contribution in [-0.2, 0) is 13.2 Å². The predicted molar refractivity (Wildman–Crippen MR) is 110 cm³/mol. The molecule has 0 atom stereocenters. The lowest BCUT2D eigenvalue weighted by molar-refractivity contribution is -0.136. The first kappa shape index (κ1) is 20.0. The number of halogens is 3. The highest BCUT2D eigenvalue weighted by Crippen LogP contribution is 2.41. The Bertz CT molecular complexity index is 1300. The number of aromatic nitrogens is 2. The van der Waals surface area contributed by atoms with Gasteiger partial charge in [0.05, 0.1) is 22.2 Å². The normalized spacial score (nSPS) is 12.1. The van der Waals surface area contributed by atoms with E-state index in [1.165, 1.54) is 6.07 Å². The molecule has 4 aromatic rings. The smallest absolute Gasteiger partial charge is 0.418 e. The third-order valence-electron chi connectivity index (χ3n) is 5.35. The summed E-state index contributed by atoms with van der Waals surface area (Å²) in [7, 11) is 1.64. The maximum atomic E-state index is 14.3. The molecule has 0 radical (unpaired) electrons. The standard InChI is InChI=1S/C22H21F3N4O/c1-4-29(5-2)13-10-11-14-17(12-13)30-20(26)18(19(14)22(23,24)25)21-27-15-8-6-7-9-16(15)28(21)3/h6-12,26H,4-5H2,1-3H3. The van der Waals surface area contributed by atoms with Crippen LogP contribution in [0.3, 0.4) is 0 Å². The Labute approximate surface area is 170 Å². The number of para-hydroxylation sites is 2. The minimum Gasteiger partial charge on any atom is -0.438 e. The van der Waals surface area contributed by atoms with Gasteiger partial charge in [-0.2, -0.15) is 13.2 Å². The highest BCUT2D eigenvalue weighted by molar-refractivity contribution is 5.90. The number of anilines is 1. The molecule has 4 rings (SSSR count). The quantitative estimate of drug-likeness (QED) is 0.491. The predicted octanol–water partition coefficient (Wildman–Crippen LogP) is 5.33. The third-order valence-corrected chi connectivity index (χ3v) is 5.35. The number of imidazole rings is 1. The molecule has 156 valence electrons. The number of nitrogens with one attached hydrogen (secondary N) is 1. The molecular weight excluding hydrogens is 393 g/mol. The number of aryl methyl sites for hydroxylation is 1. The molecule has 1 N–H and O–H groups in total. The fraction of sp³-hybridized carbons (Fsp3) is 0.273. The maximum Gasteiger partial charge on any atom is 0.418 e. The number of fused-ring (bicyclic) bond motifs is 2. The van der Waals surface area contributed by atoms with Crippen LogP contribution in [0.5, 0.6) is 0 Å². The first-order valence-electron chi connectivity index (χ1n) is 9.65. The molecule has 8 heteroatoms. The zero-order chi connectivity index (χ0) is 21.6. The Morgan fingerprint density at radius 2 is 1.80 bits per heavy atom. The molecule has 5 nitrogen and oxygen atoms in total. The molecule has 0 aliphatic heterocycles. The lowest BCUT2D eigenvalue weighted by Crippen LogP contribution is -2.22. The Morgan fingerprint density at radius 3 is 2.43 bits per heavy atom. The Kier molecular flexibility index (Phi) is 4.80. The zero-order valence-electron chi connectivity index (χ0n) is 16.8. The van der Waals surface area contributed by atoms with E-state index in [1.54, 1.807) is 48.0 Å². The van der Waals surface area contributed by atoms with Gasteiger partial charge in [0, 0.05) is 37.3 Å². The summed E-state index contributed by atoms with van der Waals surface area (Å²) in [6, 6.07) is 11.7. The van der Waals surface area contributed by atoms with Crippen LogP contribution in [0.1, 0.15) is 19.4 Å². The van der Waals surface area contributed by atoms with Crippen LogP contribution < -0.4 is 10.5 Å². The van der Waals surface area contributed by atoms with E-state index in [1.807, 2.05) is 18.7 Å². The van der Waals surface area contributed by atoms with Crippen LogP contribution in [-0.4, -0.2) is 22.6 Å². The van der Waals surface area contributed by atoms with E-state index in [0.717, 1.165) is 5.69 Å². The average Bonchev–Trinajstić information content (AvgIpc) is 3.03. The molecule has 30 heavy (non-hydrogen) atoms. The van der Waals surface area contributed by atoms with E-state index in [9.17, 15) is 13.2 Å². The molecule has 0 spiro atoms. The summed E-state index contributed by atoms with van der Waals surface area (Å²) >= 11 is 0. The van der Waals surface area contributed by atoms with E-state index in [0.29, 0.717) is 24.1 Å². The van der Waals surface area contributed by atoms with Gasteiger partial charge in [0.25, 0.3) is 0 Å². The second kappa shape index (κ2) is 7.19. The molecule has 0 saturated carbocycles. The molecule has 0 unspecified atom stereocenters. The van der Waals surface area contributed by atoms with Crippen molar-refractivity contribution in [2.24, 2.45) is 7.05 Å². The molecule has 0 bridgehead atoms. The summed E-state index contributed by atoms with van der Waals surface area (Å²) in [6.45, 7) is 5.35. The van der Waals surface area contributed by atoms with Crippen molar-refractivity contribution in [1.82, 2.24) is 9.55 Å². The first-order valence-corrected chi connectivity index (χ1v) is 9.65. The lowest BCUT2D eigenvalue weighted by Gasteiger charge is -2.22. The van der Waals surface area contributed by atoms with Gasteiger partial charge in [-0.1, -0.05) is 12.1 Å². The lowest BCUT2D eigenvalue weighted by atomic mass is 10.0. The van der Waals surface area contributed by atoms with Crippen molar-refractivity contribution in [3.63, 3.8) is 0 Å². The fourth-order valence-corrected chi connectivity index (χ4v) is 3.87. The summed E-state index contributed by atoms with van der Waals surface area (Å²) in [5.41, 5.74) is 0.183. The number of benzene rings is 2. The molecule has 0 amide bonds. The molecule has 0 aliphatic carbocycles. The maximum absolute atomic E-state index is 14.3. The topological polar surface area (TPSA) is 58.1 Å². The van der Waals surface area contributed by atoms with E-state index < -0.39 is 17.3 Å². The van der Waals surface area contributed by atoms with Crippen LogP contribution in [0.2, 0.25) is 0 Å². The molecule has 2 heterocycles. The SMILES string of the molecule is CCN(CC)c1ccc2c(C(F)(F)F)c(-c3nc4ccccc4n3C)c(=N)oc2c1. The van der Waals surface area contributed by atoms with Gasteiger partial charge in [0.2, 0.25) is 5.55 Å². The molecule has 0 saturated heterocycles. The van der Waals surface area contributed by atoms with Crippen molar-refractivity contribution in [3.05, 3.63) is 53.6 Å². The van der Waals surface area contributed by atoms with Gasteiger partial charge >= 0.3 is 6.18 Å². The van der Waals surface area contributed by atoms with E-state index in [4.69, 9.17) is 9.83 Å². The van der Waals surface area contributed by atoms with Gasteiger partial charge in [0.15, 0.2) is 0 Å². The molecule has 2 aromatic heterocycles. The molecular formula is C22H21F3N4O. The molecule has 0 aliphatic rings. The van der Waals surface area contributed by atoms with Crippen LogP contribution in [0.25, 0.3) is 33.4 Å². The minimum atomic E-state index is -4.69. The van der Waals surface area contributed by atoms with Gasteiger partial charge in [-0.25, -0.2) is 4.98 Å². The fourth-order valence-electron chi connectivity index (χ4n) is 3.87. The number of nitrogens with zero attached hydrogens (tertiary/aromatic N) is 3. The number of hydrogen-bond acceptors (Lipinski definition) is 4. The highest BCUT2D eigenvalue weighted by atomic mass is 19.4. The van der Waals surface area contributed by atoms with Crippen molar-refractivity contribution >= 4 is 27.7 Å². The summed E-state index contributed by atoms with van der Waals surface area (Å²) in [4.78, 5) is 6.38. The van der Waals surface area contributed by atoms with Crippen LogP contribution in [0.15, 0.2) is 46.9 Å². The Balaban J connectivity index is 2.07. The Morgan fingerprint density at radius 1 is 1.10 bits per heavy atom. The summed E-state index contributed by atoms with van der Waals surface area (Å²) in [6.07, 6.45) is -4.69. The van der Waals surface area contributed by atoms with Crippen molar-refractivity contribution < 1.29 is 17.6 Å². The monoisotopic (exact) mass is 414 g/mol. The van der Waals surface area contributed by atoms with Crippen LogP contribution in [0.4, 0.5) is 18.9 Å². The van der Waals surface area contributed by atoms with Gasteiger partial charge in [0.1, 0.15) is 11.4 Å². The second-order valence-corrected chi connectivity index (χ2v) is 7.01. The van der Waals surface area contributed by atoms with E-state index in [2.05, 4.69) is 4.98 Å². The largest absolute Gasteiger partial charge is 0.438 e. The van der Waals surface area contributed by atoms with Crippen molar-refractivity contribution in [1.29, 1.82) is 5.41 Å². The highest BCUT2D eigenvalue weighted by Gasteiger charge is 2.39. The zero-order valence-corrected chi connectivity index (χ0v) is 16.8. The molecule has 0 fully saturated rings. The number of alkyl halides is 3. The van der Waals surface area contributed by atoms with Gasteiger partial charge < -0.3 is 13.9 Å². The van der Waals surface area contributed by atoms with Crippen molar-refractivity contribution in [2.45, 2.75) is 20.0 Å². The summed E-state index contributed by atoms with van der Waals surface area (Å²) in [5, 5.41) is 8.23. The van der Waals surface area contributed by atoms with Gasteiger partial charge in [-0.05, 0) is 38.1 Å². The van der Waals surface area contributed by atoms with Crippen LogP contribution >= 0.6 is 0 Å². The third kappa shape index (κ3) is 3.12.